The average molecular weight is 335 g/mol. The molecule has 0 aromatic carbocycles. The lowest BCUT2D eigenvalue weighted by Gasteiger charge is -2.25. The molecule has 0 unspecified atom stereocenters. The van der Waals surface area contributed by atoms with Crippen LogP contribution in [-0.2, 0) is 22.4 Å². The molecule has 0 radical (unpaired) electrons. The van der Waals surface area contributed by atoms with Gasteiger partial charge >= 0.3 is 5.97 Å². The van der Waals surface area contributed by atoms with Gasteiger partial charge in [-0.3, -0.25) is 9.69 Å². The first kappa shape index (κ1) is 15.7. The number of aromatic amines is 1. The Balaban J connectivity index is 1.97. The van der Waals surface area contributed by atoms with Crippen molar-refractivity contribution >= 4 is 27.5 Å². The summed E-state index contributed by atoms with van der Waals surface area (Å²) in [5, 5.41) is 0.585. The number of nitrogens with zero attached hydrogens (tertiary/aromatic N) is 2. The molecule has 7 nitrogen and oxygen atoms in total. The van der Waals surface area contributed by atoms with E-state index in [-0.39, 0.29) is 18.0 Å². The third-order valence-corrected chi connectivity index (χ3v) is 4.74. The molecule has 1 N–H and O–H groups in total. The number of carbonyl (C=O) groups is 1. The Bertz CT molecular complexity index is 811. The largest absolute Gasteiger partial charge is 0.486 e. The Morgan fingerprint density at radius 2 is 2.39 bits per heavy atom. The van der Waals surface area contributed by atoms with Crippen molar-refractivity contribution in [2.45, 2.75) is 19.9 Å². The summed E-state index contributed by atoms with van der Waals surface area (Å²) in [7, 11) is 0. The van der Waals surface area contributed by atoms with E-state index >= 15 is 0 Å². The highest BCUT2D eigenvalue weighted by Gasteiger charge is 2.24. The van der Waals surface area contributed by atoms with Gasteiger partial charge in [-0.25, -0.2) is 9.78 Å². The van der Waals surface area contributed by atoms with Gasteiger partial charge in [-0.2, -0.15) is 0 Å². The van der Waals surface area contributed by atoms with Gasteiger partial charge in [0.15, 0.2) is 0 Å². The fourth-order valence-electron chi connectivity index (χ4n) is 2.62. The van der Waals surface area contributed by atoms with E-state index in [1.165, 1.54) is 17.6 Å². The zero-order valence-electron chi connectivity index (χ0n) is 12.8. The zero-order valence-corrected chi connectivity index (χ0v) is 13.6. The van der Waals surface area contributed by atoms with Crippen LogP contribution in [0.2, 0.25) is 0 Å². The van der Waals surface area contributed by atoms with Crippen molar-refractivity contribution in [1.82, 2.24) is 14.9 Å². The van der Waals surface area contributed by atoms with E-state index < -0.39 is 5.97 Å². The molecule has 0 fully saturated rings. The molecule has 2 aromatic heterocycles. The second kappa shape index (κ2) is 6.51. The standard InChI is InChI=1S/C15H17N3O4S/c1-3-21-8-18-6-5-9-10(7-18)23-14-11(9)13(19)16-12(17-14)15(20)22-4-2/h3H,1,4-8H2,2H3,(H,16,17,19). The normalized spacial score (nSPS) is 14.5. The summed E-state index contributed by atoms with van der Waals surface area (Å²) >= 11 is 1.44. The maximum absolute atomic E-state index is 12.3. The smallest absolute Gasteiger partial charge is 0.374 e. The van der Waals surface area contributed by atoms with E-state index in [1.807, 2.05) is 0 Å². The fraction of sp³-hybridized carbons (Fsp3) is 0.400. The summed E-state index contributed by atoms with van der Waals surface area (Å²) in [6.07, 6.45) is 2.16. The van der Waals surface area contributed by atoms with Gasteiger partial charge in [0.05, 0.1) is 18.3 Å². The number of rotatable bonds is 5. The van der Waals surface area contributed by atoms with Gasteiger partial charge in [-0.05, 0) is 18.9 Å². The van der Waals surface area contributed by atoms with Crippen LogP contribution in [0.15, 0.2) is 17.6 Å². The molecule has 8 heteroatoms. The van der Waals surface area contributed by atoms with Crippen LogP contribution in [0.4, 0.5) is 0 Å². The van der Waals surface area contributed by atoms with Crippen LogP contribution in [0.1, 0.15) is 28.0 Å². The molecule has 0 spiro atoms. The van der Waals surface area contributed by atoms with Crippen molar-refractivity contribution in [2.75, 3.05) is 19.9 Å². The highest BCUT2D eigenvalue weighted by Crippen LogP contribution is 2.32. The number of ether oxygens (including phenoxy) is 2. The molecule has 0 bridgehead atoms. The average Bonchev–Trinajstić information content (AvgIpc) is 2.91. The first-order chi connectivity index (χ1) is 11.1. The molecule has 0 atom stereocenters. The highest BCUT2D eigenvalue weighted by molar-refractivity contribution is 7.18. The van der Waals surface area contributed by atoms with E-state index in [2.05, 4.69) is 21.4 Å². The summed E-state index contributed by atoms with van der Waals surface area (Å²) < 4.78 is 10.1. The van der Waals surface area contributed by atoms with E-state index in [0.29, 0.717) is 23.5 Å². The van der Waals surface area contributed by atoms with E-state index in [1.54, 1.807) is 6.92 Å². The summed E-state index contributed by atoms with van der Waals surface area (Å²) in [6, 6.07) is 0. The fourth-order valence-corrected chi connectivity index (χ4v) is 3.88. The second-order valence-corrected chi connectivity index (χ2v) is 6.17. The van der Waals surface area contributed by atoms with Gasteiger partial charge in [-0.1, -0.05) is 6.58 Å². The maximum Gasteiger partial charge on any atom is 0.374 e. The summed E-state index contributed by atoms with van der Waals surface area (Å²) in [5.41, 5.74) is 0.732. The van der Waals surface area contributed by atoms with Crippen LogP contribution >= 0.6 is 11.3 Å². The predicted molar refractivity (Wildman–Crippen MR) is 86.5 cm³/mol. The van der Waals surface area contributed by atoms with E-state index in [0.717, 1.165) is 23.4 Å². The monoisotopic (exact) mass is 335 g/mol. The number of carbonyl (C=O) groups excluding carboxylic acids is 1. The quantitative estimate of drug-likeness (QED) is 0.660. The molecule has 1 aliphatic heterocycles. The number of nitrogens with one attached hydrogen (secondary N) is 1. The van der Waals surface area contributed by atoms with Crippen LogP contribution in [0, 0.1) is 0 Å². The topological polar surface area (TPSA) is 84.5 Å². The molecule has 1 aliphatic rings. The Labute approximate surface area is 136 Å². The lowest BCUT2D eigenvalue weighted by atomic mass is 10.1. The number of H-pyrrole nitrogens is 1. The Morgan fingerprint density at radius 3 is 3.13 bits per heavy atom. The van der Waals surface area contributed by atoms with Crippen LogP contribution in [0.5, 0.6) is 0 Å². The molecular weight excluding hydrogens is 318 g/mol. The minimum Gasteiger partial charge on any atom is -0.486 e. The van der Waals surface area contributed by atoms with Crippen LogP contribution in [0.25, 0.3) is 10.2 Å². The molecule has 122 valence electrons. The van der Waals surface area contributed by atoms with Gasteiger partial charge in [0.2, 0.25) is 5.82 Å². The second-order valence-electron chi connectivity index (χ2n) is 5.08. The van der Waals surface area contributed by atoms with Gasteiger partial charge in [0.1, 0.15) is 11.6 Å². The molecule has 0 aliphatic carbocycles. The predicted octanol–water partition coefficient (Wildman–Crippen LogP) is 1.64. The molecular formula is C15H17N3O4S. The summed E-state index contributed by atoms with van der Waals surface area (Å²) in [5.74, 6) is -0.659. The number of thiophene rings is 1. The van der Waals surface area contributed by atoms with E-state index in [9.17, 15) is 9.59 Å². The van der Waals surface area contributed by atoms with Gasteiger partial charge in [0, 0.05) is 18.0 Å². The summed E-state index contributed by atoms with van der Waals surface area (Å²) in [4.78, 5) is 34.7. The minimum atomic E-state index is -0.612. The molecule has 0 saturated carbocycles. The molecule has 3 rings (SSSR count). The van der Waals surface area contributed by atoms with Crippen LogP contribution in [-0.4, -0.2) is 40.7 Å². The van der Waals surface area contributed by atoms with Crippen LogP contribution in [0.3, 0.4) is 0 Å². The third-order valence-electron chi connectivity index (χ3n) is 3.63. The Kier molecular flexibility index (Phi) is 4.44. The lowest BCUT2D eigenvalue weighted by Crippen LogP contribution is -2.31. The van der Waals surface area contributed by atoms with Crippen LogP contribution < -0.4 is 5.56 Å². The lowest BCUT2D eigenvalue weighted by molar-refractivity contribution is 0.0512. The highest BCUT2D eigenvalue weighted by atomic mass is 32.1. The molecule has 3 heterocycles. The molecule has 0 amide bonds. The number of aromatic nitrogens is 2. The minimum absolute atomic E-state index is 0.0465. The molecule has 0 saturated heterocycles. The maximum atomic E-state index is 12.3. The zero-order chi connectivity index (χ0) is 16.4. The number of esters is 1. The third kappa shape index (κ3) is 2.99. The first-order valence-corrected chi connectivity index (χ1v) is 8.12. The number of hydrogen-bond acceptors (Lipinski definition) is 7. The van der Waals surface area contributed by atoms with Crippen molar-refractivity contribution < 1.29 is 14.3 Å². The Hall–Kier alpha value is -2.19. The Morgan fingerprint density at radius 1 is 1.57 bits per heavy atom. The number of hydrogen-bond donors (Lipinski definition) is 1. The SMILES string of the molecule is C=COCN1CCc2c(sc3nc(C(=O)OCC)[nH]c(=O)c23)C1. The van der Waals surface area contributed by atoms with E-state index in [4.69, 9.17) is 9.47 Å². The molecule has 23 heavy (non-hydrogen) atoms. The van der Waals surface area contributed by atoms with Crippen molar-refractivity contribution in [1.29, 1.82) is 0 Å². The first-order valence-electron chi connectivity index (χ1n) is 7.30. The van der Waals surface area contributed by atoms with Gasteiger partial charge in [-0.15, -0.1) is 11.3 Å². The van der Waals surface area contributed by atoms with Crippen molar-refractivity contribution in [3.8, 4) is 0 Å². The van der Waals surface area contributed by atoms with Gasteiger partial charge < -0.3 is 14.5 Å². The van der Waals surface area contributed by atoms with Gasteiger partial charge in [0.25, 0.3) is 5.56 Å². The van der Waals surface area contributed by atoms with Crippen molar-refractivity contribution in [2.24, 2.45) is 0 Å². The van der Waals surface area contributed by atoms with Crippen molar-refractivity contribution in [3.63, 3.8) is 0 Å². The number of fused-ring (bicyclic) bond motifs is 3. The van der Waals surface area contributed by atoms with Crippen molar-refractivity contribution in [3.05, 3.63) is 39.5 Å². The summed E-state index contributed by atoms with van der Waals surface area (Å²) in [6.45, 7) is 7.43. The molecule has 2 aromatic rings.